The summed E-state index contributed by atoms with van der Waals surface area (Å²) in [7, 11) is 0. The number of rotatable bonds is 2. The standard InChI is InChI=1S/C13H12F3NO2S/c1-8(18)20-11-6-12(19)17(7-11)10-4-2-9(3-5-10)13(14,15)16/h2-5,11H,6-7H2,1H3. The van der Waals surface area contributed by atoms with E-state index in [4.69, 9.17) is 0 Å². The first kappa shape index (κ1) is 14.9. The topological polar surface area (TPSA) is 37.4 Å². The maximum Gasteiger partial charge on any atom is 0.416 e. The van der Waals surface area contributed by atoms with Crippen molar-refractivity contribution >= 4 is 28.5 Å². The second kappa shape index (κ2) is 5.47. The lowest BCUT2D eigenvalue weighted by molar-refractivity contribution is -0.137. The minimum absolute atomic E-state index is 0.0722. The third-order valence-electron chi connectivity index (χ3n) is 2.93. The zero-order valence-electron chi connectivity index (χ0n) is 10.6. The van der Waals surface area contributed by atoms with Gasteiger partial charge in [-0.05, 0) is 24.3 Å². The van der Waals surface area contributed by atoms with Gasteiger partial charge in [-0.2, -0.15) is 13.2 Å². The largest absolute Gasteiger partial charge is 0.416 e. The molecule has 1 fully saturated rings. The van der Waals surface area contributed by atoms with Gasteiger partial charge in [0.15, 0.2) is 5.12 Å². The number of nitrogens with zero attached hydrogens (tertiary/aromatic N) is 1. The van der Waals surface area contributed by atoms with Crippen molar-refractivity contribution in [3.8, 4) is 0 Å². The molecule has 0 spiro atoms. The molecule has 1 heterocycles. The van der Waals surface area contributed by atoms with Gasteiger partial charge in [0.2, 0.25) is 5.91 Å². The van der Waals surface area contributed by atoms with Crippen LogP contribution in [0, 0.1) is 0 Å². The van der Waals surface area contributed by atoms with Crippen LogP contribution in [-0.2, 0) is 15.8 Å². The van der Waals surface area contributed by atoms with Gasteiger partial charge in [0.05, 0.1) is 5.56 Å². The fraction of sp³-hybridized carbons (Fsp3) is 0.385. The Bertz CT molecular complexity index is 527. The fourth-order valence-electron chi connectivity index (χ4n) is 2.07. The highest BCUT2D eigenvalue weighted by Gasteiger charge is 2.33. The summed E-state index contributed by atoms with van der Waals surface area (Å²) in [5.74, 6) is -0.177. The van der Waals surface area contributed by atoms with Gasteiger partial charge in [-0.1, -0.05) is 11.8 Å². The zero-order chi connectivity index (χ0) is 14.9. The number of alkyl halides is 3. The molecule has 1 aliphatic heterocycles. The van der Waals surface area contributed by atoms with E-state index >= 15 is 0 Å². The van der Waals surface area contributed by atoms with Crippen molar-refractivity contribution in [2.45, 2.75) is 24.8 Å². The smallest absolute Gasteiger partial charge is 0.311 e. The molecule has 1 aliphatic rings. The molecule has 0 aliphatic carbocycles. The number of carbonyl (C=O) groups is 2. The highest BCUT2D eigenvalue weighted by Crippen LogP contribution is 2.32. The lowest BCUT2D eigenvalue weighted by Crippen LogP contribution is -2.25. The lowest BCUT2D eigenvalue weighted by atomic mass is 10.2. The van der Waals surface area contributed by atoms with E-state index in [1.54, 1.807) is 0 Å². The van der Waals surface area contributed by atoms with E-state index in [2.05, 4.69) is 0 Å². The van der Waals surface area contributed by atoms with Crippen LogP contribution >= 0.6 is 11.8 Å². The van der Waals surface area contributed by atoms with Crippen molar-refractivity contribution in [3.05, 3.63) is 29.8 Å². The molecule has 1 aromatic carbocycles. The van der Waals surface area contributed by atoms with Crippen molar-refractivity contribution in [2.75, 3.05) is 11.4 Å². The molecule has 3 nitrogen and oxygen atoms in total. The van der Waals surface area contributed by atoms with Crippen molar-refractivity contribution in [1.82, 2.24) is 0 Å². The number of halogens is 3. The maximum absolute atomic E-state index is 12.5. The van der Waals surface area contributed by atoms with E-state index in [1.165, 1.54) is 24.0 Å². The second-order valence-corrected chi connectivity index (χ2v) is 5.96. The first-order valence-corrected chi connectivity index (χ1v) is 6.80. The first-order valence-electron chi connectivity index (χ1n) is 5.92. The summed E-state index contributed by atoms with van der Waals surface area (Å²) in [6.07, 6.45) is -4.16. The van der Waals surface area contributed by atoms with Crippen LogP contribution in [0.2, 0.25) is 0 Å². The Kier molecular flexibility index (Phi) is 4.08. The average Bonchev–Trinajstić information content (AvgIpc) is 2.68. The summed E-state index contributed by atoms with van der Waals surface area (Å²) in [6, 6.07) is 4.46. The molecule has 1 aromatic rings. The van der Waals surface area contributed by atoms with Gasteiger partial charge in [0, 0.05) is 30.8 Å². The van der Waals surface area contributed by atoms with Crippen LogP contribution in [0.3, 0.4) is 0 Å². The van der Waals surface area contributed by atoms with Gasteiger partial charge < -0.3 is 4.90 Å². The number of anilines is 1. The number of amides is 1. The maximum atomic E-state index is 12.5. The van der Waals surface area contributed by atoms with Crippen LogP contribution in [0.5, 0.6) is 0 Å². The molecule has 1 atom stereocenters. The Morgan fingerprint density at radius 2 is 1.90 bits per heavy atom. The Balaban J connectivity index is 2.12. The number of benzene rings is 1. The molecule has 7 heteroatoms. The molecule has 0 radical (unpaired) electrons. The fourth-order valence-corrected chi connectivity index (χ4v) is 2.99. The first-order chi connectivity index (χ1) is 9.27. The van der Waals surface area contributed by atoms with Crippen LogP contribution < -0.4 is 4.90 Å². The SMILES string of the molecule is CC(=O)SC1CC(=O)N(c2ccc(C(F)(F)F)cc2)C1. The Morgan fingerprint density at radius 1 is 1.30 bits per heavy atom. The van der Waals surface area contributed by atoms with E-state index in [9.17, 15) is 22.8 Å². The normalized spacial score (nSPS) is 19.5. The summed E-state index contributed by atoms with van der Waals surface area (Å²) in [4.78, 5) is 24.3. The van der Waals surface area contributed by atoms with Crippen molar-refractivity contribution in [3.63, 3.8) is 0 Å². The minimum atomic E-state index is -4.39. The number of hydrogen-bond acceptors (Lipinski definition) is 3. The molecule has 20 heavy (non-hydrogen) atoms. The van der Waals surface area contributed by atoms with Crippen molar-refractivity contribution < 1.29 is 22.8 Å². The highest BCUT2D eigenvalue weighted by molar-refractivity contribution is 8.14. The third kappa shape index (κ3) is 3.33. The third-order valence-corrected chi connectivity index (χ3v) is 3.91. The number of hydrogen-bond donors (Lipinski definition) is 0. The molecular formula is C13H12F3NO2S. The van der Waals surface area contributed by atoms with E-state index in [0.717, 1.165) is 23.9 Å². The van der Waals surface area contributed by atoms with E-state index in [-0.39, 0.29) is 22.7 Å². The summed E-state index contributed by atoms with van der Waals surface area (Å²) in [6.45, 7) is 1.77. The van der Waals surface area contributed by atoms with Crippen LogP contribution in [0.15, 0.2) is 24.3 Å². The van der Waals surface area contributed by atoms with Crippen molar-refractivity contribution in [2.24, 2.45) is 0 Å². The molecular weight excluding hydrogens is 291 g/mol. The van der Waals surface area contributed by atoms with Gasteiger partial charge in [-0.25, -0.2) is 0 Å². The minimum Gasteiger partial charge on any atom is -0.311 e. The van der Waals surface area contributed by atoms with E-state index in [0.29, 0.717) is 12.2 Å². The highest BCUT2D eigenvalue weighted by atomic mass is 32.2. The van der Waals surface area contributed by atoms with Crippen LogP contribution in [0.1, 0.15) is 18.9 Å². The Labute approximate surface area is 118 Å². The van der Waals surface area contributed by atoms with Gasteiger partial charge in [-0.3, -0.25) is 9.59 Å². The number of carbonyl (C=O) groups excluding carboxylic acids is 2. The molecule has 1 amide bonds. The molecule has 2 rings (SSSR count). The monoisotopic (exact) mass is 303 g/mol. The Morgan fingerprint density at radius 3 is 2.40 bits per heavy atom. The quantitative estimate of drug-likeness (QED) is 0.842. The molecule has 0 saturated carbocycles. The summed E-state index contributed by atoms with van der Waals surface area (Å²) in [5, 5.41) is -0.209. The predicted molar refractivity (Wildman–Crippen MR) is 70.5 cm³/mol. The summed E-state index contributed by atoms with van der Waals surface area (Å²) in [5.41, 5.74) is -0.322. The Hall–Kier alpha value is -1.50. The van der Waals surface area contributed by atoms with Gasteiger partial charge in [0.25, 0.3) is 0 Å². The predicted octanol–water partition coefficient (Wildman–Crippen LogP) is 3.09. The molecule has 1 saturated heterocycles. The van der Waals surface area contributed by atoms with Crippen molar-refractivity contribution in [1.29, 1.82) is 0 Å². The molecule has 0 N–H and O–H groups in total. The van der Waals surface area contributed by atoms with Crippen LogP contribution in [0.25, 0.3) is 0 Å². The molecule has 0 bridgehead atoms. The van der Waals surface area contributed by atoms with Gasteiger partial charge >= 0.3 is 6.18 Å². The van der Waals surface area contributed by atoms with Crippen LogP contribution in [0.4, 0.5) is 18.9 Å². The molecule has 0 aromatic heterocycles. The van der Waals surface area contributed by atoms with E-state index in [1.807, 2.05) is 0 Å². The van der Waals surface area contributed by atoms with Crippen LogP contribution in [-0.4, -0.2) is 22.8 Å². The summed E-state index contributed by atoms with van der Waals surface area (Å²) >= 11 is 1.09. The number of thioether (sulfide) groups is 1. The van der Waals surface area contributed by atoms with Gasteiger partial charge in [0.1, 0.15) is 0 Å². The lowest BCUT2D eigenvalue weighted by Gasteiger charge is -2.17. The molecule has 108 valence electrons. The summed E-state index contributed by atoms with van der Waals surface area (Å²) < 4.78 is 37.4. The molecule has 1 unspecified atom stereocenters. The second-order valence-electron chi connectivity index (χ2n) is 4.48. The van der Waals surface area contributed by atoms with Gasteiger partial charge in [-0.15, -0.1) is 0 Å². The average molecular weight is 303 g/mol. The zero-order valence-corrected chi connectivity index (χ0v) is 11.4. The van der Waals surface area contributed by atoms with E-state index < -0.39 is 11.7 Å².